The molecule has 1 aliphatic rings. The molecule has 0 aromatic rings. The zero-order valence-corrected chi connectivity index (χ0v) is 9.54. The molecule has 1 N–H and O–H groups in total. The minimum Gasteiger partial charge on any atom is -0.393 e. The summed E-state index contributed by atoms with van der Waals surface area (Å²) < 4.78 is 0. The van der Waals surface area contributed by atoms with Gasteiger partial charge in [-0.1, -0.05) is 12.8 Å². The van der Waals surface area contributed by atoms with Gasteiger partial charge in [-0.2, -0.15) is 0 Å². The van der Waals surface area contributed by atoms with Gasteiger partial charge in [0.05, 0.1) is 6.10 Å². The first-order valence-electron chi connectivity index (χ1n) is 6.19. The van der Waals surface area contributed by atoms with Crippen LogP contribution in [0.3, 0.4) is 0 Å². The highest BCUT2D eigenvalue weighted by molar-refractivity contribution is 4.63. The van der Waals surface area contributed by atoms with Gasteiger partial charge in [0.1, 0.15) is 0 Å². The molecule has 1 heterocycles. The minimum absolute atomic E-state index is 0.112. The van der Waals surface area contributed by atoms with Gasteiger partial charge in [0.25, 0.3) is 0 Å². The number of aliphatic hydroxyl groups excluding tert-OH is 1. The van der Waals surface area contributed by atoms with Gasteiger partial charge in [0.2, 0.25) is 0 Å². The average molecular weight is 199 g/mol. The molecule has 2 heteroatoms. The van der Waals surface area contributed by atoms with Gasteiger partial charge in [-0.05, 0) is 58.7 Å². The zero-order chi connectivity index (χ0) is 10.2. The van der Waals surface area contributed by atoms with Gasteiger partial charge < -0.3 is 10.0 Å². The summed E-state index contributed by atoms with van der Waals surface area (Å²) in [5.41, 5.74) is 0. The van der Waals surface area contributed by atoms with Crippen molar-refractivity contribution in [2.75, 3.05) is 19.6 Å². The molecule has 0 aromatic heterocycles. The van der Waals surface area contributed by atoms with Crippen molar-refractivity contribution in [2.24, 2.45) is 0 Å². The number of unbranched alkanes of at least 4 members (excludes halogenated alkanes) is 1. The molecule has 1 saturated heterocycles. The van der Waals surface area contributed by atoms with Crippen molar-refractivity contribution in [3.8, 4) is 0 Å². The fraction of sp³-hybridized carbons (Fsp3) is 1.00. The minimum atomic E-state index is -0.112. The molecule has 1 aliphatic heterocycles. The Labute approximate surface area is 88.3 Å². The third kappa shape index (κ3) is 5.61. The van der Waals surface area contributed by atoms with Crippen LogP contribution in [0.2, 0.25) is 0 Å². The van der Waals surface area contributed by atoms with Crippen molar-refractivity contribution >= 4 is 0 Å². The topological polar surface area (TPSA) is 23.5 Å². The molecule has 0 amide bonds. The van der Waals surface area contributed by atoms with Crippen molar-refractivity contribution in [3.63, 3.8) is 0 Å². The number of hydrogen-bond acceptors (Lipinski definition) is 2. The van der Waals surface area contributed by atoms with Crippen LogP contribution in [0, 0.1) is 0 Å². The number of aliphatic hydroxyl groups is 1. The first-order valence-corrected chi connectivity index (χ1v) is 6.19. The van der Waals surface area contributed by atoms with Crippen LogP contribution >= 0.6 is 0 Å². The highest BCUT2D eigenvalue weighted by Gasteiger charge is 2.07. The van der Waals surface area contributed by atoms with Crippen LogP contribution in [0.4, 0.5) is 0 Å². The van der Waals surface area contributed by atoms with E-state index in [2.05, 4.69) is 4.90 Å². The van der Waals surface area contributed by atoms with Crippen LogP contribution in [0.15, 0.2) is 0 Å². The van der Waals surface area contributed by atoms with Crippen LogP contribution in [-0.2, 0) is 0 Å². The summed E-state index contributed by atoms with van der Waals surface area (Å²) in [6, 6.07) is 0. The lowest BCUT2D eigenvalue weighted by atomic mass is 10.1. The Morgan fingerprint density at radius 3 is 2.29 bits per heavy atom. The van der Waals surface area contributed by atoms with E-state index in [4.69, 9.17) is 5.11 Å². The van der Waals surface area contributed by atoms with E-state index in [1.165, 1.54) is 58.2 Å². The lowest BCUT2D eigenvalue weighted by molar-refractivity contribution is 0.177. The molecule has 0 radical (unpaired) electrons. The summed E-state index contributed by atoms with van der Waals surface area (Å²) in [6.07, 6.45) is 8.90. The number of nitrogens with zero attached hydrogens (tertiary/aromatic N) is 1. The van der Waals surface area contributed by atoms with E-state index >= 15 is 0 Å². The Bertz CT molecular complexity index is 128. The fourth-order valence-corrected chi connectivity index (χ4v) is 2.13. The highest BCUT2D eigenvalue weighted by atomic mass is 16.3. The van der Waals surface area contributed by atoms with Gasteiger partial charge >= 0.3 is 0 Å². The number of hydrogen-bond donors (Lipinski definition) is 1. The molecule has 0 spiro atoms. The van der Waals surface area contributed by atoms with E-state index in [0.717, 1.165) is 6.42 Å². The largest absolute Gasteiger partial charge is 0.393 e. The molecule has 84 valence electrons. The Morgan fingerprint density at radius 1 is 1.07 bits per heavy atom. The lowest BCUT2D eigenvalue weighted by Gasteiger charge is -2.19. The summed E-state index contributed by atoms with van der Waals surface area (Å²) in [5, 5.41) is 9.12. The second kappa shape index (κ2) is 7.24. The summed E-state index contributed by atoms with van der Waals surface area (Å²) in [5.74, 6) is 0. The standard InChI is InChI=1S/C12H25NO/c1-12(14)8-4-7-11-13-9-5-2-3-6-10-13/h12,14H,2-11H2,1H3. The number of rotatable bonds is 5. The van der Waals surface area contributed by atoms with Crippen molar-refractivity contribution in [1.29, 1.82) is 0 Å². The maximum absolute atomic E-state index is 9.12. The van der Waals surface area contributed by atoms with Crippen LogP contribution in [-0.4, -0.2) is 35.7 Å². The van der Waals surface area contributed by atoms with Crippen molar-refractivity contribution in [1.82, 2.24) is 4.90 Å². The van der Waals surface area contributed by atoms with Crippen molar-refractivity contribution < 1.29 is 5.11 Å². The van der Waals surface area contributed by atoms with Gasteiger partial charge in [0.15, 0.2) is 0 Å². The third-order valence-electron chi connectivity index (χ3n) is 3.04. The summed E-state index contributed by atoms with van der Waals surface area (Å²) in [7, 11) is 0. The molecule has 1 atom stereocenters. The molecule has 2 nitrogen and oxygen atoms in total. The Balaban J connectivity index is 1.99. The van der Waals surface area contributed by atoms with Crippen LogP contribution in [0.25, 0.3) is 0 Å². The summed E-state index contributed by atoms with van der Waals surface area (Å²) in [6.45, 7) is 5.72. The Hall–Kier alpha value is -0.0800. The predicted molar refractivity (Wildman–Crippen MR) is 60.4 cm³/mol. The van der Waals surface area contributed by atoms with E-state index in [1.807, 2.05) is 6.92 Å². The fourth-order valence-electron chi connectivity index (χ4n) is 2.13. The summed E-state index contributed by atoms with van der Waals surface area (Å²) >= 11 is 0. The lowest BCUT2D eigenvalue weighted by Crippen LogP contribution is -2.25. The molecular formula is C12H25NO. The predicted octanol–water partition coefficient (Wildman–Crippen LogP) is 2.41. The molecule has 0 aliphatic carbocycles. The van der Waals surface area contributed by atoms with Crippen molar-refractivity contribution in [2.45, 2.75) is 58.0 Å². The SMILES string of the molecule is CC(O)CCCCN1CCCCCC1. The average Bonchev–Trinajstić information content (AvgIpc) is 2.40. The maximum Gasteiger partial charge on any atom is 0.0512 e. The van der Waals surface area contributed by atoms with Crippen LogP contribution in [0.5, 0.6) is 0 Å². The molecular weight excluding hydrogens is 174 g/mol. The van der Waals surface area contributed by atoms with E-state index in [1.54, 1.807) is 0 Å². The normalized spacial score (nSPS) is 21.9. The van der Waals surface area contributed by atoms with Crippen LogP contribution < -0.4 is 0 Å². The molecule has 1 rings (SSSR count). The van der Waals surface area contributed by atoms with E-state index in [-0.39, 0.29) is 6.10 Å². The highest BCUT2D eigenvalue weighted by Crippen LogP contribution is 2.10. The Morgan fingerprint density at radius 2 is 1.71 bits per heavy atom. The van der Waals surface area contributed by atoms with Crippen LogP contribution in [0.1, 0.15) is 51.9 Å². The van der Waals surface area contributed by atoms with E-state index < -0.39 is 0 Å². The second-order valence-electron chi connectivity index (χ2n) is 4.60. The monoisotopic (exact) mass is 199 g/mol. The molecule has 0 aromatic carbocycles. The third-order valence-corrected chi connectivity index (χ3v) is 3.04. The molecule has 1 unspecified atom stereocenters. The van der Waals surface area contributed by atoms with E-state index in [0.29, 0.717) is 0 Å². The maximum atomic E-state index is 9.12. The first kappa shape index (κ1) is 12.0. The van der Waals surface area contributed by atoms with Gasteiger partial charge in [-0.15, -0.1) is 0 Å². The first-order chi connectivity index (χ1) is 6.79. The van der Waals surface area contributed by atoms with Gasteiger partial charge in [-0.3, -0.25) is 0 Å². The zero-order valence-electron chi connectivity index (χ0n) is 9.54. The van der Waals surface area contributed by atoms with Gasteiger partial charge in [0, 0.05) is 0 Å². The van der Waals surface area contributed by atoms with Crippen molar-refractivity contribution in [3.05, 3.63) is 0 Å². The smallest absolute Gasteiger partial charge is 0.0512 e. The molecule has 0 bridgehead atoms. The number of likely N-dealkylation sites (tertiary alicyclic amines) is 1. The van der Waals surface area contributed by atoms with Gasteiger partial charge in [-0.25, -0.2) is 0 Å². The quantitative estimate of drug-likeness (QED) is 0.687. The summed E-state index contributed by atoms with van der Waals surface area (Å²) in [4.78, 5) is 2.59. The molecule has 1 fully saturated rings. The van der Waals surface area contributed by atoms with E-state index in [9.17, 15) is 0 Å². The Kier molecular flexibility index (Phi) is 6.20. The molecule has 14 heavy (non-hydrogen) atoms. The second-order valence-corrected chi connectivity index (χ2v) is 4.60. The molecule has 0 saturated carbocycles.